The summed E-state index contributed by atoms with van der Waals surface area (Å²) in [5.41, 5.74) is 0. The standard InChI is InChI=1S/Br2O.Gd/c1-3-2;. The third-order valence-electron chi connectivity index (χ3n) is 0. The van der Waals surface area contributed by atoms with Gasteiger partial charge in [-0.3, -0.25) is 0 Å². The molecule has 0 aliphatic rings. The molecule has 0 spiro atoms. The van der Waals surface area contributed by atoms with Gasteiger partial charge in [0.25, 0.3) is 0 Å². The average Bonchev–Trinajstić information content (AvgIpc) is 0.918. The Hall–Kier alpha value is 2.24. The monoisotopic (exact) mass is 332 g/mol. The second-order valence-corrected chi connectivity index (χ2v) is 1.57. The van der Waals surface area contributed by atoms with Crippen LogP contribution in [-0.4, -0.2) is 0 Å². The predicted octanol–water partition coefficient (Wildman–Crippen LogP) is 1.62. The van der Waals surface area contributed by atoms with Gasteiger partial charge in [-0.25, -0.2) is 2.92 Å². The molecular formula is Br2GdO. The minimum Gasteiger partial charge on any atom is -0.230 e. The molecule has 0 aromatic heterocycles. The van der Waals surface area contributed by atoms with E-state index in [0.29, 0.717) is 0 Å². The van der Waals surface area contributed by atoms with Crippen LogP contribution in [0, 0.1) is 39.9 Å². The Bertz CT molecular complexity index is 6.00. The van der Waals surface area contributed by atoms with Crippen LogP contribution >= 0.6 is 32.5 Å². The van der Waals surface area contributed by atoms with E-state index in [1.165, 1.54) is 0 Å². The van der Waals surface area contributed by atoms with Gasteiger partial charge < -0.3 is 0 Å². The normalized spacial score (nSPS) is 4.50. The van der Waals surface area contributed by atoms with Gasteiger partial charge in [-0.2, -0.15) is 0 Å². The fraction of sp³-hybridized carbons (Fsp3) is 0. The maximum atomic E-state index is 3.88. The van der Waals surface area contributed by atoms with Crippen molar-refractivity contribution in [1.82, 2.24) is 0 Å². The molecule has 1 nitrogen and oxygen atoms in total. The topological polar surface area (TPSA) is 9.23 Å². The molecule has 0 saturated heterocycles. The van der Waals surface area contributed by atoms with Crippen molar-refractivity contribution in [2.24, 2.45) is 0 Å². The quantitative estimate of drug-likeness (QED) is 0.655. The Labute approximate surface area is 74.1 Å². The van der Waals surface area contributed by atoms with Crippen molar-refractivity contribution in [3.05, 3.63) is 0 Å². The minimum absolute atomic E-state index is 0. The summed E-state index contributed by atoms with van der Waals surface area (Å²) < 4.78 is 3.88. The van der Waals surface area contributed by atoms with E-state index in [2.05, 4.69) is 35.4 Å². The molecule has 0 saturated carbocycles. The van der Waals surface area contributed by atoms with E-state index in [9.17, 15) is 0 Å². The number of rotatable bonds is 0. The van der Waals surface area contributed by atoms with Crippen molar-refractivity contribution in [3.63, 3.8) is 0 Å². The van der Waals surface area contributed by atoms with Crippen LogP contribution in [0.5, 0.6) is 0 Å². The summed E-state index contributed by atoms with van der Waals surface area (Å²) in [7, 11) is 0. The van der Waals surface area contributed by atoms with Crippen LogP contribution in [0.3, 0.4) is 0 Å². The van der Waals surface area contributed by atoms with Gasteiger partial charge in [0.15, 0.2) is 0 Å². The van der Waals surface area contributed by atoms with Crippen molar-refractivity contribution in [3.8, 4) is 0 Å². The summed E-state index contributed by atoms with van der Waals surface area (Å²) in [4.78, 5) is 0. The second kappa shape index (κ2) is 8.98. The van der Waals surface area contributed by atoms with E-state index < -0.39 is 0 Å². The van der Waals surface area contributed by atoms with E-state index in [0.717, 1.165) is 0 Å². The summed E-state index contributed by atoms with van der Waals surface area (Å²) in [6.07, 6.45) is 0. The molecule has 4 heteroatoms. The van der Waals surface area contributed by atoms with Crippen LogP contribution in [0.1, 0.15) is 0 Å². The summed E-state index contributed by atoms with van der Waals surface area (Å²) in [5.74, 6) is 0. The van der Waals surface area contributed by atoms with Gasteiger partial charge in [0.05, 0.1) is 0 Å². The van der Waals surface area contributed by atoms with Crippen LogP contribution in [-0.2, 0) is 2.92 Å². The molecule has 4 heavy (non-hydrogen) atoms. The number of halogens is 2. The Kier molecular flexibility index (Phi) is 21.4. The van der Waals surface area contributed by atoms with Gasteiger partial charge in [-0.05, 0) is 0 Å². The molecule has 0 fully saturated rings. The molecule has 0 unspecified atom stereocenters. The summed E-state index contributed by atoms with van der Waals surface area (Å²) in [6.45, 7) is 0. The summed E-state index contributed by atoms with van der Waals surface area (Å²) in [5, 5.41) is 0. The molecule has 0 heterocycles. The van der Waals surface area contributed by atoms with E-state index >= 15 is 0 Å². The summed E-state index contributed by atoms with van der Waals surface area (Å²) in [6, 6.07) is 0. The largest absolute Gasteiger partial charge is 0.230 e. The zero-order valence-corrected chi connectivity index (χ0v) is 6.96. The molecule has 0 atom stereocenters. The first-order valence-electron chi connectivity index (χ1n) is 0.309. The smallest absolute Gasteiger partial charge is 0.115 e. The first kappa shape index (κ1) is 9.53. The van der Waals surface area contributed by atoms with Crippen LogP contribution in [0.4, 0.5) is 0 Å². The SMILES string of the molecule is BrOBr.[Gd]. The van der Waals surface area contributed by atoms with Crippen LogP contribution in [0.25, 0.3) is 0 Å². The van der Waals surface area contributed by atoms with Crippen molar-refractivity contribution in [2.75, 3.05) is 0 Å². The van der Waals surface area contributed by atoms with E-state index in [1.54, 1.807) is 0 Å². The molecule has 0 aliphatic carbocycles. The predicted molar refractivity (Wildman–Crippen MR) is 18.9 cm³/mol. The van der Waals surface area contributed by atoms with Gasteiger partial charge in [-0.1, -0.05) is 0 Å². The van der Waals surface area contributed by atoms with Crippen LogP contribution in [0.2, 0.25) is 0 Å². The molecule has 28 valence electrons. The molecular weight excluding hydrogens is 333 g/mol. The fourth-order valence-corrected chi connectivity index (χ4v) is 0. The van der Waals surface area contributed by atoms with Crippen LogP contribution < -0.4 is 0 Å². The van der Waals surface area contributed by atoms with Crippen LogP contribution in [0.15, 0.2) is 0 Å². The Morgan fingerprint density at radius 2 is 1.25 bits per heavy atom. The number of hydrogen-bond donors (Lipinski definition) is 0. The van der Waals surface area contributed by atoms with Gasteiger partial charge in [0.2, 0.25) is 0 Å². The van der Waals surface area contributed by atoms with Crippen molar-refractivity contribution in [1.29, 1.82) is 0 Å². The van der Waals surface area contributed by atoms with Gasteiger partial charge in [0, 0.05) is 39.9 Å². The molecule has 0 rings (SSSR count). The summed E-state index contributed by atoms with van der Waals surface area (Å²) >= 11 is 5.12. The third kappa shape index (κ3) is 8.87. The number of hydrogen-bond acceptors (Lipinski definition) is 1. The first-order chi connectivity index (χ1) is 1.41. The average molecular weight is 333 g/mol. The molecule has 0 aromatic rings. The van der Waals surface area contributed by atoms with Gasteiger partial charge in [0.1, 0.15) is 32.5 Å². The van der Waals surface area contributed by atoms with E-state index in [4.69, 9.17) is 0 Å². The van der Waals surface area contributed by atoms with Crippen molar-refractivity contribution >= 4 is 32.5 Å². The Morgan fingerprint density at radius 3 is 1.25 bits per heavy atom. The van der Waals surface area contributed by atoms with E-state index in [1.807, 2.05) is 0 Å². The maximum Gasteiger partial charge on any atom is 0.115 e. The second-order valence-electron chi connectivity index (χ2n) is 0.0583. The van der Waals surface area contributed by atoms with Crippen molar-refractivity contribution in [2.45, 2.75) is 0 Å². The molecule has 0 radical (unpaired) electrons. The third-order valence-corrected chi connectivity index (χ3v) is 0. The maximum absolute atomic E-state index is 3.88. The minimum atomic E-state index is 0. The molecule has 0 N–H and O–H groups in total. The van der Waals surface area contributed by atoms with Gasteiger partial charge >= 0.3 is 0 Å². The Balaban J connectivity index is 0. The molecule has 0 aliphatic heterocycles. The van der Waals surface area contributed by atoms with Gasteiger partial charge in [-0.15, -0.1) is 0 Å². The van der Waals surface area contributed by atoms with E-state index in [-0.39, 0.29) is 39.9 Å². The molecule has 0 amide bonds. The fourth-order valence-electron chi connectivity index (χ4n) is 0. The first-order valence-corrected chi connectivity index (χ1v) is 1.60. The zero-order valence-electron chi connectivity index (χ0n) is 1.52. The molecule has 0 bridgehead atoms. The molecule has 0 aromatic carbocycles. The van der Waals surface area contributed by atoms with Crippen molar-refractivity contribution < 1.29 is 42.9 Å². The zero-order chi connectivity index (χ0) is 2.71. The Morgan fingerprint density at radius 1 is 1.25 bits per heavy atom.